The molecule has 4 rings (SSSR count). The Kier molecular flexibility index (Phi) is 3.16. The number of hydrogen-bond acceptors (Lipinski definition) is 4. The lowest BCUT2D eigenvalue weighted by Gasteiger charge is -2.40. The molecule has 1 unspecified atom stereocenters. The Morgan fingerprint density at radius 3 is 2.67 bits per heavy atom. The molecule has 1 atom stereocenters. The average molecular weight is 301 g/mol. The summed E-state index contributed by atoms with van der Waals surface area (Å²) in [7, 11) is 3.41. The highest BCUT2D eigenvalue weighted by Crippen LogP contribution is 2.42. The Morgan fingerprint density at radius 1 is 1.14 bits per heavy atom. The molecule has 2 aliphatic heterocycles. The molecule has 0 amide bonds. The SMILES string of the molecule is COc1cc2c(cc1OC)CN1CCc3sccc3C1C2. The summed E-state index contributed by atoms with van der Waals surface area (Å²) in [5.41, 5.74) is 4.31. The molecule has 1 aromatic carbocycles. The Morgan fingerprint density at radius 2 is 1.90 bits per heavy atom. The van der Waals surface area contributed by atoms with Gasteiger partial charge in [0, 0.05) is 24.0 Å². The normalized spacial score (nSPS) is 20.4. The van der Waals surface area contributed by atoms with Crippen molar-refractivity contribution in [2.45, 2.75) is 25.4 Å². The first-order valence-corrected chi connectivity index (χ1v) is 8.22. The van der Waals surface area contributed by atoms with Crippen molar-refractivity contribution in [2.75, 3.05) is 20.8 Å². The second kappa shape index (κ2) is 5.04. The van der Waals surface area contributed by atoms with Crippen molar-refractivity contribution in [3.8, 4) is 11.5 Å². The van der Waals surface area contributed by atoms with Crippen LogP contribution in [0.5, 0.6) is 11.5 Å². The number of rotatable bonds is 2. The third-order valence-electron chi connectivity index (χ3n) is 4.70. The second-order valence-electron chi connectivity index (χ2n) is 5.72. The van der Waals surface area contributed by atoms with Gasteiger partial charge in [-0.15, -0.1) is 11.3 Å². The zero-order valence-electron chi connectivity index (χ0n) is 12.4. The maximum atomic E-state index is 5.46. The quantitative estimate of drug-likeness (QED) is 0.848. The van der Waals surface area contributed by atoms with Gasteiger partial charge in [-0.05, 0) is 53.1 Å². The Balaban J connectivity index is 1.75. The van der Waals surface area contributed by atoms with Crippen molar-refractivity contribution in [3.05, 3.63) is 45.1 Å². The van der Waals surface area contributed by atoms with Crippen LogP contribution in [0.1, 0.15) is 27.6 Å². The monoisotopic (exact) mass is 301 g/mol. The van der Waals surface area contributed by atoms with Crippen LogP contribution in [0, 0.1) is 0 Å². The molecule has 0 bridgehead atoms. The van der Waals surface area contributed by atoms with Gasteiger partial charge >= 0.3 is 0 Å². The molecule has 4 heteroatoms. The second-order valence-corrected chi connectivity index (χ2v) is 6.72. The van der Waals surface area contributed by atoms with Crippen molar-refractivity contribution in [1.82, 2.24) is 4.90 Å². The molecule has 2 aliphatic rings. The fraction of sp³-hybridized carbons (Fsp3) is 0.412. The standard InChI is InChI=1S/C17H19NO2S/c1-19-15-8-11-7-14-13-4-6-21-17(13)3-5-18(14)10-12(11)9-16(15)20-2/h4,6,8-9,14H,3,5,7,10H2,1-2H3. The summed E-state index contributed by atoms with van der Waals surface area (Å²) >= 11 is 1.90. The minimum Gasteiger partial charge on any atom is -0.493 e. The zero-order valence-corrected chi connectivity index (χ0v) is 13.2. The van der Waals surface area contributed by atoms with E-state index in [0.717, 1.165) is 31.0 Å². The van der Waals surface area contributed by atoms with Crippen molar-refractivity contribution >= 4 is 11.3 Å². The van der Waals surface area contributed by atoms with Crippen LogP contribution in [-0.4, -0.2) is 25.7 Å². The first-order valence-electron chi connectivity index (χ1n) is 7.34. The van der Waals surface area contributed by atoms with E-state index in [-0.39, 0.29) is 0 Å². The fourth-order valence-electron chi connectivity index (χ4n) is 3.60. The van der Waals surface area contributed by atoms with Gasteiger partial charge in [0.2, 0.25) is 0 Å². The van der Waals surface area contributed by atoms with E-state index in [9.17, 15) is 0 Å². The van der Waals surface area contributed by atoms with Crippen LogP contribution >= 0.6 is 11.3 Å². The van der Waals surface area contributed by atoms with E-state index in [4.69, 9.17) is 9.47 Å². The predicted octanol–water partition coefficient (Wildman–Crippen LogP) is 3.42. The third kappa shape index (κ3) is 2.05. The highest BCUT2D eigenvalue weighted by Gasteiger charge is 2.33. The molecule has 110 valence electrons. The molecule has 0 radical (unpaired) electrons. The molecule has 2 aromatic rings. The van der Waals surface area contributed by atoms with E-state index in [0.29, 0.717) is 6.04 Å². The maximum Gasteiger partial charge on any atom is 0.161 e. The summed E-state index contributed by atoms with van der Waals surface area (Å²) < 4.78 is 10.9. The van der Waals surface area contributed by atoms with Crippen LogP contribution in [0.4, 0.5) is 0 Å². The lowest BCUT2D eigenvalue weighted by Crippen LogP contribution is -2.38. The Labute approximate surface area is 129 Å². The lowest BCUT2D eigenvalue weighted by atomic mass is 9.87. The first kappa shape index (κ1) is 13.2. The van der Waals surface area contributed by atoms with Gasteiger partial charge in [-0.1, -0.05) is 0 Å². The summed E-state index contributed by atoms with van der Waals surface area (Å²) in [5, 5.41) is 2.23. The summed E-state index contributed by atoms with van der Waals surface area (Å²) in [6.07, 6.45) is 2.26. The largest absolute Gasteiger partial charge is 0.493 e. The maximum absolute atomic E-state index is 5.46. The van der Waals surface area contributed by atoms with E-state index in [1.165, 1.54) is 23.1 Å². The number of hydrogen-bond donors (Lipinski definition) is 0. The van der Waals surface area contributed by atoms with Crippen LogP contribution in [0.25, 0.3) is 0 Å². The summed E-state index contributed by atoms with van der Waals surface area (Å²) in [4.78, 5) is 4.17. The Hall–Kier alpha value is -1.52. The predicted molar refractivity (Wildman–Crippen MR) is 84.4 cm³/mol. The molecule has 0 saturated heterocycles. The summed E-state index contributed by atoms with van der Waals surface area (Å²) in [6, 6.07) is 7.15. The lowest BCUT2D eigenvalue weighted by molar-refractivity contribution is 0.162. The van der Waals surface area contributed by atoms with Crippen molar-refractivity contribution in [1.29, 1.82) is 0 Å². The molecular formula is C17H19NO2S. The van der Waals surface area contributed by atoms with E-state index in [1.807, 2.05) is 11.3 Å². The summed E-state index contributed by atoms with van der Waals surface area (Å²) in [6.45, 7) is 2.17. The van der Waals surface area contributed by atoms with Gasteiger partial charge < -0.3 is 9.47 Å². The molecule has 0 aliphatic carbocycles. The fourth-order valence-corrected chi connectivity index (χ4v) is 4.53. The average Bonchev–Trinajstić information content (AvgIpc) is 3.00. The van der Waals surface area contributed by atoms with Crippen LogP contribution in [-0.2, 0) is 19.4 Å². The topological polar surface area (TPSA) is 21.7 Å². The van der Waals surface area contributed by atoms with E-state index in [2.05, 4.69) is 28.5 Å². The van der Waals surface area contributed by atoms with E-state index < -0.39 is 0 Å². The smallest absolute Gasteiger partial charge is 0.161 e. The van der Waals surface area contributed by atoms with Crippen LogP contribution in [0.15, 0.2) is 23.6 Å². The molecule has 0 N–H and O–H groups in total. The zero-order chi connectivity index (χ0) is 14.4. The van der Waals surface area contributed by atoms with Crippen LogP contribution < -0.4 is 9.47 Å². The first-order chi connectivity index (χ1) is 10.3. The number of methoxy groups -OCH3 is 2. The molecule has 3 heterocycles. The highest BCUT2D eigenvalue weighted by molar-refractivity contribution is 7.10. The third-order valence-corrected chi connectivity index (χ3v) is 5.69. The van der Waals surface area contributed by atoms with Crippen molar-refractivity contribution in [3.63, 3.8) is 0 Å². The van der Waals surface area contributed by atoms with Crippen molar-refractivity contribution in [2.24, 2.45) is 0 Å². The highest BCUT2D eigenvalue weighted by atomic mass is 32.1. The molecular weight excluding hydrogens is 282 g/mol. The van der Waals surface area contributed by atoms with Gasteiger partial charge in [0.05, 0.1) is 14.2 Å². The Bertz CT molecular complexity index is 679. The van der Waals surface area contributed by atoms with Gasteiger partial charge in [0.15, 0.2) is 11.5 Å². The molecule has 0 fully saturated rings. The van der Waals surface area contributed by atoms with Gasteiger partial charge in [-0.3, -0.25) is 4.90 Å². The molecule has 0 saturated carbocycles. The minimum absolute atomic E-state index is 0.533. The van der Waals surface area contributed by atoms with Crippen molar-refractivity contribution < 1.29 is 9.47 Å². The molecule has 0 spiro atoms. The van der Waals surface area contributed by atoms with Gasteiger partial charge in [-0.2, -0.15) is 0 Å². The molecule has 1 aromatic heterocycles. The summed E-state index contributed by atoms with van der Waals surface area (Å²) in [5.74, 6) is 1.67. The van der Waals surface area contributed by atoms with Crippen LogP contribution in [0.3, 0.4) is 0 Å². The number of thiophene rings is 1. The number of nitrogens with zero attached hydrogens (tertiary/aromatic N) is 1. The van der Waals surface area contributed by atoms with Gasteiger partial charge in [-0.25, -0.2) is 0 Å². The minimum atomic E-state index is 0.533. The van der Waals surface area contributed by atoms with E-state index in [1.54, 1.807) is 19.1 Å². The van der Waals surface area contributed by atoms with E-state index >= 15 is 0 Å². The number of ether oxygens (including phenoxy) is 2. The van der Waals surface area contributed by atoms with Gasteiger partial charge in [0.1, 0.15) is 0 Å². The van der Waals surface area contributed by atoms with Crippen LogP contribution in [0.2, 0.25) is 0 Å². The number of benzene rings is 1. The van der Waals surface area contributed by atoms with Gasteiger partial charge in [0.25, 0.3) is 0 Å². The molecule has 21 heavy (non-hydrogen) atoms. The molecule has 3 nitrogen and oxygen atoms in total. The number of fused-ring (bicyclic) bond motifs is 4.